The third-order valence-corrected chi connectivity index (χ3v) is 3.47. The van der Waals surface area contributed by atoms with Gasteiger partial charge in [-0.2, -0.15) is 0 Å². The predicted molar refractivity (Wildman–Crippen MR) is 70.4 cm³/mol. The lowest BCUT2D eigenvalue weighted by molar-refractivity contribution is -0.142. The van der Waals surface area contributed by atoms with E-state index < -0.39 is 0 Å². The average Bonchev–Trinajstić information content (AvgIpc) is 2.36. The summed E-state index contributed by atoms with van der Waals surface area (Å²) in [5, 5.41) is -0.128. The van der Waals surface area contributed by atoms with Crippen LogP contribution in [-0.4, -0.2) is 24.9 Å². The van der Waals surface area contributed by atoms with E-state index in [-0.39, 0.29) is 11.2 Å². The molecule has 1 aromatic rings. The quantitative estimate of drug-likeness (QED) is 0.731. The Kier molecular flexibility index (Phi) is 5.91. The summed E-state index contributed by atoms with van der Waals surface area (Å²) in [6.07, 6.45) is 0. The standard InChI is InChI=1S/C13H18O3S/c1-4-16-13(14)10(2)17-9-11-5-7-12(15-3)8-6-11/h5-8,10H,4,9H2,1-3H3/t10-/m1/s1. The van der Waals surface area contributed by atoms with Crippen LogP contribution >= 0.6 is 11.8 Å². The fourth-order valence-electron chi connectivity index (χ4n) is 1.27. The largest absolute Gasteiger partial charge is 0.497 e. The molecule has 0 radical (unpaired) electrons. The van der Waals surface area contributed by atoms with Crippen molar-refractivity contribution in [3.8, 4) is 5.75 Å². The lowest BCUT2D eigenvalue weighted by Gasteiger charge is -2.10. The molecule has 1 rings (SSSR count). The molecule has 4 heteroatoms. The molecule has 17 heavy (non-hydrogen) atoms. The Balaban J connectivity index is 2.41. The van der Waals surface area contributed by atoms with Gasteiger partial charge in [0.25, 0.3) is 0 Å². The highest BCUT2D eigenvalue weighted by Crippen LogP contribution is 2.20. The summed E-state index contributed by atoms with van der Waals surface area (Å²) in [7, 11) is 1.65. The molecule has 0 bridgehead atoms. The summed E-state index contributed by atoms with van der Waals surface area (Å²) in [6.45, 7) is 4.12. The van der Waals surface area contributed by atoms with Crippen LogP contribution in [0.5, 0.6) is 5.75 Å². The molecule has 0 saturated heterocycles. The van der Waals surface area contributed by atoms with Gasteiger partial charge in [-0.15, -0.1) is 11.8 Å². The molecule has 3 nitrogen and oxygen atoms in total. The van der Waals surface area contributed by atoms with E-state index in [0.29, 0.717) is 6.61 Å². The number of hydrogen-bond donors (Lipinski definition) is 0. The van der Waals surface area contributed by atoms with Crippen LogP contribution in [0.2, 0.25) is 0 Å². The van der Waals surface area contributed by atoms with Crippen molar-refractivity contribution in [1.29, 1.82) is 0 Å². The van der Waals surface area contributed by atoms with Crippen LogP contribution in [0.1, 0.15) is 19.4 Å². The minimum absolute atomic E-state index is 0.128. The van der Waals surface area contributed by atoms with Gasteiger partial charge < -0.3 is 9.47 Å². The van der Waals surface area contributed by atoms with E-state index in [1.54, 1.807) is 18.9 Å². The van der Waals surface area contributed by atoms with Gasteiger partial charge in [0, 0.05) is 5.75 Å². The van der Waals surface area contributed by atoms with Crippen LogP contribution < -0.4 is 4.74 Å². The Bertz CT molecular complexity index is 348. The minimum atomic E-state index is -0.147. The summed E-state index contributed by atoms with van der Waals surface area (Å²) >= 11 is 1.58. The molecular formula is C13H18O3S. The van der Waals surface area contributed by atoms with Crippen LogP contribution in [0.25, 0.3) is 0 Å². The van der Waals surface area contributed by atoms with Crippen molar-refractivity contribution in [3.63, 3.8) is 0 Å². The summed E-state index contributed by atoms with van der Waals surface area (Å²) in [5.74, 6) is 1.49. The lowest BCUT2D eigenvalue weighted by Crippen LogP contribution is -2.16. The zero-order valence-electron chi connectivity index (χ0n) is 10.4. The Morgan fingerprint density at radius 1 is 1.35 bits per heavy atom. The zero-order chi connectivity index (χ0) is 12.7. The van der Waals surface area contributed by atoms with Crippen LogP contribution in [0.4, 0.5) is 0 Å². The van der Waals surface area contributed by atoms with Crippen molar-refractivity contribution in [3.05, 3.63) is 29.8 Å². The molecule has 0 saturated carbocycles. The molecule has 0 aromatic heterocycles. The molecule has 0 fully saturated rings. The number of hydrogen-bond acceptors (Lipinski definition) is 4. The number of rotatable bonds is 6. The molecule has 0 aliphatic heterocycles. The van der Waals surface area contributed by atoms with Crippen LogP contribution in [-0.2, 0) is 15.3 Å². The van der Waals surface area contributed by atoms with Crippen LogP contribution in [0, 0.1) is 0 Å². The summed E-state index contributed by atoms with van der Waals surface area (Å²) in [5.41, 5.74) is 1.17. The van der Waals surface area contributed by atoms with Gasteiger partial charge in [0.1, 0.15) is 5.75 Å². The summed E-state index contributed by atoms with van der Waals surface area (Å²) in [4.78, 5) is 11.4. The summed E-state index contributed by atoms with van der Waals surface area (Å²) < 4.78 is 10.0. The van der Waals surface area contributed by atoms with Gasteiger partial charge in [-0.1, -0.05) is 12.1 Å². The maximum absolute atomic E-state index is 11.4. The van der Waals surface area contributed by atoms with Crippen LogP contribution in [0.15, 0.2) is 24.3 Å². The Morgan fingerprint density at radius 3 is 2.53 bits per heavy atom. The van der Waals surface area contributed by atoms with Gasteiger partial charge in [0.15, 0.2) is 0 Å². The fourth-order valence-corrected chi connectivity index (χ4v) is 2.11. The third-order valence-electron chi connectivity index (χ3n) is 2.28. The third kappa shape index (κ3) is 4.69. The minimum Gasteiger partial charge on any atom is -0.497 e. The van der Waals surface area contributed by atoms with Gasteiger partial charge >= 0.3 is 5.97 Å². The van der Waals surface area contributed by atoms with Gasteiger partial charge in [0.2, 0.25) is 0 Å². The molecule has 0 N–H and O–H groups in total. The lowest BCUT2D eigenvalue weighted by atomic mass is 10.2. The number of thioether (sulfide) groups is 1. The maximum Gasteiger partial charge on any atom is 0.318 e. The van der Waals surface area contributed by atoms with Gasteiger partial charge in [0.05, 0.1) is 19.0 Å². The van der Waals surface area contributed by atoms with E-state index in [1.807, 2.05) is 38.1 Å². The first-order chi connectivity index (χ1) is 8.17. The van der Waals surface area contributed by atoms with Gasteiger partial charge in [-0.3, -0.25) is 4.79 Å². The van der Waals surface area contributed by atoms with Crippen molar-refractivity contribution >= 4 is 17.7 Å². The number of ether oxygens (including phenoxy) is 2. The first-order valence-electron chi connectivity index (χ1n) is 5.58. The Labute approximate surface area is 106 Å². The molecule has 94 valence electrons. The fraction of sp³-hybridized carbons (Fsp3) is 0.462. The van der Waals surface area contributed by atoms with Crippen molar-refractivity contribution in [1.82, 2.24) is 0 Å². The highest BCUT2D eigenvalue weighted by Gasteiger charge is 2.13. The van der Waals surface area contributed by atoms with E-state index in [2.05, 4.69) is 0 Å². The number of methoxy groups -OCH3 is 1. The normalized spacial score (nSPS) is 11.9. The number of benzene rings is 1. The van der Waals surface area contributed by atoms with Crippen LogP contribution in [0.3, 0.4) is 0 Å². The first-order valence-corrected chi connectivity index (χ1v) is 6.63. The van der Waals surface area contributed by atoms with E-state index >= 15 is 0 Å². The Morgan fingerprint density at radius 2 is 2.00 bits per heavy atom. The average molecular weight is 254 g/mol. The summed E-state index contributed by atoms with van der Waals surface area (Å²) in [6, 6.07) is 7.85. The molecule has 0 aliphatic carbocycles. The number of carbonyl (C=O) groups is 1. The topological polar surface area (TPSA) is 35.5 Å². The molecule has 1 aromatic carbocycles. The smallest absolute Gasteiger partial charge is 0.318 e. The van der Waals surface area contributed by atoms with E-state index in [1.165, 1.54) is 5.56 Å². The highest BCUT2D eigenvalue weighted by atomic mass is 32.2. The van der Waals surface area contributed by atoms with Crippen molar-refractivity contribution < 1.29 is 14.3 Å². The maximum atomic E-state index is 11.4. The molecule has 0 aliphatic rings. The Hall–Kier alpha value is -1.16. The molecule has 0 spiro atoms. The van der Waals surface area contributed by atoms with Crippen molar-refractivity contribution in [2.24, 2.45) is 0 Å². The number of carbonyl (C=O) groups excluding carboxylic acids is 1. The first kappa shape index (κ1) is 13.9. The van der Waals surface area contributed by atoms with E-state index in [9.17, 15) is 4.79 Å². The second-order valence-corrected chi connectivity index (χ2v) is 4.88. The van der Waals surface area contributed by atoms with E-state index in [4.69, 9.17) is 9.47 Å². The predicted octanol–water partition coefficient (Wildman–Crippen LogP) is 2.88. The second kappa shape index (κ2) is 7.22. The van der Waals surface area contributed by atoms with Gasteiger partial charge in [-0.25, -0.2) is 0 Å². The van der Waals surface area contributed by atoms with E-state index in [0.717, 1.165) is 11.5 Å². The molecule has 0 amide bonds. The molecule has 1 atom stereocenters. The molecular weight excluding hydrogens is 236 g/mol. The second-order valence-electron chi connectivity index (χ2n) is 3.55. The van der Waals surface area contributed by atoms with Crippen molar-refractivity contribution in [2.75, 3.05) is 13.7 Å². The van der Waals surface area contributed by atoms with Crippen molar-refractivity contribution in [2.45, 2.75) is 24.9 Å². The molecule has 0 unspecified atom stereocenters. The van der Waals surface area contributed by atoms with Gasteiger partial charge in [-0.05, 0) is 31.5 Å². The molecule has 0 heterocycles. The SMILES string of the molecule is CCOC(=O)[C@@H](C)SCc1ccc(OC)cc1. The monoisotopic (exact) mass is 254 g/mol. The zero-order valence-corrected chi connectivity index (χ0v) is 11.3. The number of esters is 1. The highest BCUT2D eigenvalue weighted by molar-refractivity contribution is 7.99.